The number of hydroxylamine groups is 1. The summed E-state index contributed by atoms with van der Waals surface area (Å²) >= 11 is 0. The van der Waals surface area contributed by atoms with Gasteiger partial charge in [-0.1, -0.05) is 0 Å². The van der Waals surface area contributed by atoms with E-state index < -0.39 is 18.5 Å². The van der Waals surface area contributed by atoms with Gasteiger partial charge in [0.2, 0.25) is 0 Å². The van der Waals surface area contributed by atoms with Crippen LogP contribution < -0.4 is 5.48 Å². The van der Waals surface area contributed by atoms with E-state index in [-0.39, 0.29) is 13.0 Å². The molecule has 0 saturated heterocycles. The van der Waals surface area contributed by atoms with Crippen LogP contribution in [0, 0.1) is 0 Å². The third kappa shape index (κ3) is 4.37. The first-order chi connectivity index (χ1) is 5.81. The molecular weight excluding hydrogens is 197 g/mol. The van der Waals surface area contributed by atoms with Gasteiger partial charge in [-0.05, 0) is 6.42 Å². The number of rotatable bonds is 5. The zero-order valence-electron chi connectivity index (χ0n) is 6.92. The first-order valence-electron chi connectivity index (χ1n) is 3.54. The summed E-state index contributed by atoms with van der Waals surface area (Å²) < 4.78 is 58.9. The summed E-state index contributed by atoms with van der Waals surface area (Å²) in [5, 5.41) is 0. The average Bonchev–Trinajstić information content (AvgIpc) is 1.96. The zero-order chi connectivity index (χ0) is 10.5. The lowest BCUT2D eigenvalue weighted by Gasteiger charge is -2.18. The summed E-state index contributed by atoms with van der Waals surface area (Å²) in [6.07, 6.45) is -7.07. The van der Waals surface area contributed by atoms with E-state index >= 15 is 0 Å². The van der Waals surface area contributed by atoms with Crippen LogP contribution in [0.1, 0.15) is 12.8 Å². The minimum Gasteiger partial charge on any atom is -0.302 e. The van der Waals surface area contributed by atoms with Crippen molar-refractivity contribution in [2.24, 2.45) is 0 Å². The molecule has 0 saturated carbocycles. The van der Waals surface area contributed by atoms with E-state index in [1.54, 1.807) is 0 Å². The first-order valence-corrected chi connectivity index (χ1v) is 3.54. The van der Waals surface area contributed by atoms with E-state index in [0.29, 0.717) is 0 Å². The average molecular weight is 207 g/mol. The highest BCUT2D eigenvalue weighted by Crippen LogP contribution is 2.38. The smallest absolute Gasteiger partial charge is 0.302 e. The Morgan fingerprint density at radius 1 is 1.15 bits per heavy atom. The fourth-order valence-electron chi connectivity index (χ4n) is 0.610. The molecule has 80 valence electrons. The van der Waals surface area contributed by atoms with E-state index in [2.05, 4.69) is 10.3 Å². The van der Waals surface area contributed by atoms with Gasteiger partial charge in [0.15, 0.2) is 0 Å². The molecule has 2 nitrogen and oxygen atoms in total. The summed E-state index contributed by atoms with van der Waals surface area (Å²) in [5.41, 5.74) is 2.17. The second-order valence-electron chi connectivity index (χ2n) is 2.36. The molecule has 0 aliphatic heterocycles. The fourth-order valence-corrected chi connectivity index (χ4v) is 0.610. The lowest BCUT2D eigenvalue weighted by atomic mass is 10.2. The van der Waals surface area contributed by atoms with Crippen LogP contribution in [-0.2, 0) is 4.84 Å². The van der Waals surface area contributed by atoms with Crippen LogP contribution >= 0.6 is 0 Å². The summed E-state index contributed by atoms with van der Waals surface area (Å²) in [6, 6.07) is 0. The number of hydrogen-bond donors (Lipinski definition) is 1. The normalized spacial score (nSPS) is 13.4. The molecule has 0 aromatic rings. The maximum Gasteiger partial charge on any atom is 0.453 e. The molecule has 1 N–H and O–H groups in total. The van der Waals surface area contributed by atoms with Crippen molar-refractivity contribution in [1.82, 2.24) is 5.48 Å². The summed E-state index contributed by atoms with van der Waals surface area (Å²) in [4.78, 5) is 4.39. The van der Waals surface area contributed by atoms with Crippen LogP contribution in [0.4, 0.5) is 22.0 Å². The van der Waals surface area contributed by atoms with Crippen LogP contribution in [0.5, 0.6) is 0 Å². The SMILES string of the molecule is CNOCCCC(F)(F)C(F)(F)F. The van der Waals surface area contributed by atoms with Gasteiger partial charge in [-0.3, -0.25) is 0 Å². The Morgan fingerprint density at radius 3 is 2.08 bits per heavy atom. The quantitative estimate of drug-likeness (QED) is 0.423. The van der Waals surface area contributed by atoms with E-state index in [1.165, 1.54) is 7.05 Å². The Bertz CT molecular complexity index is 146. The molecular formula is C6H10F5NO. The maximum absolute atomic E-state index is 12.2. The highest BCUT2D eigenvalue weighted by molar-refractivity contribution is 4.74. The topological polar surface area (TPSA) is 21.3 Å². The lowest BCUT2D eigenvalue weighted by molar-refractivity contribution is -0.285. The predicted molar refractivity (Wildman–Crippen MR) is 35.2 cm³/mol. The Morgan fingerprint density at radius 2 is 1.69 bits per heavy atom. The van der Waals surface area contributed by atoms with Crippen molar-refractivity contribution in [3.8, 4) is 0 Å². The predicted octanol–water partition coefficient (Wildman–Crippen LogP) is 2.12. The lowest BCUT2D eigenvalue weighted by Crippen LogP contribution is -2.36. The molecule has 0 amide bonds. The van der Waals surface area contributed by atoms with Crippen molar-refractivity contribution in [2.75, 3.05) is 13.7 Å². The van der Waals surface area contributed by atoms with Gasteiger partial charge < -0.3 is 4.84 Å². The maximum atomic E-state index is 12.2. The van der Waals surface area contributed by atoms with Gasteiger partial charge in [-0.2, -0.15) is 22.0 Å². The summed E-state index contributed by atoms with van der Waals surface area (Å²) in [7, 11) is 1.39. The Balaban J connectivity index is 3.77. The van der Waals surface area contributed by atoms with E-state index in [4.69, 9.17) is 0 Å². The number of halogens is 5. The monoisotopic (exact) mass is 207 g/mol. The van der Waals surface area contributed by atoms with Crippen molar-refractivity contribution in [1.29, 1.82) is 0 Å². The largest absolute Gasteiger partial charge is 0.453 e. The molecule has 0 unspecified atom stereocenters. The number of alkyl halides is 5. The van der Waals surface area contributed by atoms with Gasteiger partial charge in [0.05, 0.1) is 6.61 Å². The molecule has 0 aliphatic carbocycles. The molecule has 0 spiro atoms. The van der Waals surface area contributed by atoms with Crippen LogP contribution in [0.25, 0.3) is 0 Å². The molecule has 0 aromatic heterocycles. The number of hydrogen-bond acceptors (Lipinski definition) is 2. The minimum absolute atomic E-state index is 0.178. The van der Waals surface area contributed by atoms with E-state index in [9.17, 15) is 22.0 Å². The Labute approximate surface area is 72.0 Å². The van der Waals surface area contributed by atoms with Crippen LogP contribution in [0.15, 0.2) is 0 Å². The highest BCUT2D eigenvalue weighted by Gasteiger charge is 2.56. The fraction of sp³-hybridized carbons (Fsp3) is 1.00. The highest BCUT2D eigenvalue weighted by atomic mass is 19.4. The minimum atomic E-state index is -5.47. The molecule has 0 radical (unpaired) electrons. The Hall–Kier alpha value is -0.430. The third-order valence-corrected chi connectivity index (χ3v) is 1.30. The van der Waals surface area contributed by atoms with Gasteiger partial charge in [-0.25, -0.2) is 5.48 Å². The van der Waals surface area contributed by atoms with Crippen molar-refractivity contribution in [3.05, 3.63) is 0 Å². The van der Waals surface area contributed by atoms with Crippen molar-refractivity contribution in [2.45, 2.75) is 24.9 Å². The van der Waals surface area contributed by atoms with Crippen LogP contribution in [0.2, 0.25) is 0 Å². The van der Waals surface area contributed by atoms with E-state index in [1.807, 2.05) is 0 Å². The van der Waals surface area contributed by atoms with E-state index in [0.717, 1.165) is 0 Å². The molecule has 0 rings (SSSR count). The molecule has 0 aromatic carbocycles. The third-order valence-electron chi connectivity index (χ3n) is 1.30. The van der Waals surface area contributed by atoms with Gasteiger partial charge in [0, 0.05) is 13.5 Å². The van der Waals surface area contributed by atoms with Gasteiger partial charge in [0.25, 0.3) is 0 Å². The molecule has 7 heteroatoms. The van der Waals surface area contributed by atoms with Crippen molar-refractivity contribution in [3.63, 3.8) is 0 Å². The molecule has 0 atom stereocenters. The molecule has 0 heterocycles. The summed E-state index contributed by atoms with van der Waals surface area (Å²) in [6.45, 7) is -0.178. The van der Waals surface area contributed by atoms with Gasteiger partial charge in [0.1, 0.15) is 0 Å². The molecule has 0 aliphatic rings. The number of nitrogens with one attached hydrogen (secondary N) is 1. The molecule has 13 heavy (non-hydrogen) atoms. The standard InChI is InChI=1S/C6H10F5NO/c1-12-13-4-2-3-5(7,8)6(9,10)11/h12H,2-4H2,1H3. The summed E-state index contributed by atoms with van der Waals surface area (Å²) in [5.74, 6) is -4.62. The molecule has 0 fully saturated rings. The van der Waals surface area contributed by atoms with Gasteiger partial charge in [-0.15, -0.1) is 0 Å². The first kappa shape index (κ1) is 12.6. The van der Waals surface area contributed by atoms with Crippen LogP contribution in [0.3, 0.4) is 0 Å². The van der Waals surface area contributed by atoms with Crippen LogP contribution in [-0.4, -0.2) is 25.8 Å². The second-order valence-corrected chi connectivity index (χ2v) is 2.36. The zero-order valence-corrected chi connectivity index (χ0v) is 6.92. The second kappa shape index (κ2) is 4.71. The molecule has 0 bridgehead atoms. The van der Waals surface area contributed by atoms with Crippen molar-refractivity contribution >= 4 is 0 Å². The van der Waals surface area contributed by atoms with Gasteiger partial charge >= 0.3 is 12.1 Å². The Kier molecular flexibility index (Phi) is 4.55. The van der Waals surface area contributed by atoms with Crippen molar-refractivity contribution < 1.29 is 26.8 Å².